The lowest BCUT2D eigenvalue weighted by atomic mass is 9.87. The molecule has 240 valence electrons. The number of carbonyl (C=O) groups excluding carboxylic acids is 1. The zero-order valence-corrected chi connectivity index (χ0v) is 26.2. The van der Waals surface area contributed by atoms with Crippen molar-refractivity contribution in [1.82, 2.24) is 0 Å². The number of halogens is 5. The third-order valence-electron chi connectivity index (χ3n) is 6.73. The molecule has 0 saturated heterocycles. The van der Waals surface area contributed by atoms with E-state index in [1.165, 1.54) is 20.2 Å². The van der Waals surface area contributed by atoms with E-state index in [2.05, 4.69) is 117 Å². The van der Waals surface area contributed by atoms with Gasteiger partial charge in [-0.15, -0.1) is 0 Å². The molecule has 3 aromatic rings. The van der Waals surface area contributed by atoms with Crippen molar-refractivity contribution in [1.29, 1.82) is 0 Å². The smallest absolute Gasteiger partial charge is 0.421 e. The summed E-state index contributed by atoms with van der Waals surface area (Å²) in [5.74, 6) is 0. The Morgan fingerprint density at radius 2 is 1.16 bits per heavy atom. The zero-order valence-electron chi connectivity index (χ0n) is 24.5. The van der Waals surface area contributed by atoms with Crippen LogP contribution < -0.4 is 0 Å². The molecule has 44 heavy (non-hydrogen) atoms. The standard InChI is InChI=1S/C22H23S.C9H13F5O4S.CO/c1-22(2,3)18-14-16-21(17-15-18)23(19-10-6-4-7-11-19)20-12-8-5-9-13-20;10-8(11,12)7(9(13,14)19(15,16)17)18-6-4-2-1-3-5-6;1-2/h4-17H,1-3H3;6-7H,1-5H2,(H,15,16,17);/q+1;;/p-1. The van der Waals surface area contributed by atoms with E-state index in [0.717, 1.165) is 6.42 Å². The first-order chi connectivity index (χ1) is 20.5. The van der Waals surface area contributed by atoms with Gasteiger partial charge < -0.3 is 9.29 Å². The first-order valence-electron chi connectivity index (χ1n) is 13.7. The zero-order chi connectivity index (χ0) is 33.2. The summed E-state index contributed by atoms with van der Waals surface area (Å²) >= 11 is 0. The van der Waals surface area contributed by atoms with E-state index >= 15 is 0 Å². The Hall–Kier alpha value is -2.80. The van der Waals surface area contributed by atoms with E-state index in [4.69, 9.17) is 4.79 Å². The molecule has 12 heteroatoms. The van der Waals surface area contributed by atoms with Crippen LogP contribution in [0.25, 0.3) is 0 Å². The monoisotopic (exact) mass is 658 g/mol. The van der Waals surface area contributed by atoms with Gasteiger partial charge in [0, 0.05) is 0 Å². The van der Waals surface area contributed by atoms with Crippen LogP contribution >= 0.6 is 0 Å². The first kappa shape index (κ1) is 37.4. The van der Waals surface area contributed by atoms with Crippen molar-refractivity contribution >= 4 is 27.8 Å². The summed E-state index contributed by atoms with van der Waals surface area (Å²) in [5.41, 5.74) is 1.57. The van der Waals surface area contributed by atoms with Crippen LogP contribution in [-0.4, -0.2) is 43.4 Å². The van der Waals surface area contributed by atoms with Crippen LogP contribution in [0.1, 0.15) is 58.4 Å². The van der Waals surface area contributed by atoms with Crippen molar-refractivity contribution < 1.29 is 44.5 Å². The van der Waals surface area contributed by atoms with Crippen LogP contribution in [0.5, 0.6) is 0 Å². The van der Waals surface area contributed by atoms with E-state index in [-0.39, 0.29) is 29.2 Å². The van der Waals surface area contributed by atoms with Crippen LogP contribution in [0.2, 0.25) is 0 Å². The Balaban J connectivity index is 0.000000296. The number of hydrogen-bond acceptors (Lipinski definition) is 5. The second kappa shape index (κ2) is 16.0. The van der Waals surface area contributed by atoms with Gasteiger partial charge in [0.05, 0.1) is 17.0 Å². The lowest BCUT2D eigenvalue weighted by Crippen LogP contribution is -2.52. The maximum absolute atomic E-state index is 13.1. The van der Waals surface area contributed by atoms with Gasteiger partial charge in [-0.25, -0.2) is 8.42 Å². The third-order valence-corrected chi connectivity index (χ3v) is 9.84. The molecular formula is C32H35F5O5S2. The second-order valence-electron chi connectivity index (χ2n) is 11.0. The molecule has 1 aliphatic rings. The summed E-state index contributed by atoms with van der Waals surface area (Å²) in [6.45, 7) is 11.3. The summed E-state index contributed by atoms with van der Waals surface area (Å²) in [6.07, 6.45) is -8.68. The highest BCUT2D eigenvalue weighted by molar-refractivity contribution is 7.97. The fraction of sp³-hybridized carbons (Fsp3) is 0.406. The highest BCUT2D eigenvalue weighted by Crippen LogP contribution is 2.40. The van der Waals surface area contributed by atoms with E-state index in [1.54, 1.807) is 0 Å². The van der Waals surface area contributed by atoms with E-state index < -0.39 is 33.8 Å². The largest absolute Gasteiger partial charge is 0.743 e. The average molecular weight is 659 g/mol. The normalized spacial score (nSPS) is 15.4. The Labute approximate surface area is 258 Å². The summed E-state index contributed by atoms with van der Waals surface area (Å²) in [5, 5.41) is -5.54. The molecule has 3 aromatic carbocycles. The van der Waals surface area contributed by atoms with Crippen molar-refractivity contribution in [3.8, 4) is 0 Å². The van der Waals surface area contributed by atoms with Crippen LogP contribution in [0.4, 0.5) is 22.0 Å². The van der Waals surface area contributed by atoms with Gasteiger partial charge in [0.25, 0.3) is 6.79 Å². The van der Waals surface area contributed by atoms with Crippen molar-refractivity contribution in [3.63, 3.8) is 0 Å². The molecule has 2 radical (unpaired) electrons. The maximum atomic E-state index is 13.1. The second-order valence-corrected chi connectivity index (χ2v) is 14.5. The van der Waals surface area contributed by atoms with Gasteiger partial charge in [-0.2, -0.15) is 22.0 Å². The van der Waals surface area contributed by atoms with Gasteiger partial charge in [-0.1, -0.05) is 88.6 Å². The van der Waals surface area contributed by atoms with Crippen molar-refractivity contribution in [2.75, 3.05) is 0 Å². The van der Waals surface area contributed by atoms with Gasteiger partial charge in [-0.3, -0.25) is 4.79 Å². The van der Waals surface area contributed by atoms with Crippen LogP contribution in [-0.2, 0) is 36.0 Å². The first-order valence-corrected chi connectivity index (χ1v) is 16.4. The van der Waals surface area contributed by atoms with Gasteiger partial charge in [-0.05, 0) is 60.2 Å². The Bertz CT molecular complexity index is 1330. The minimum atomic E-state index is -6.46. The molecule has 1 unspecified atom stereocenters. The molecule has 0 bridgehead atoms. The molecule has 0 aliphatic heterocycles. The molecule has 0 spiro atoms. The summed E-state index contributed by atoms with van der Waals surface area (Å²) in [6, 6.07) is 30.7. The van der Waals surface area contributed by atoms with Gasteiger partial charge in [0.1, 0.15) is 0 Å². The average Bonchev–Trinajstić information content (AvgIpc) is 2.98. The minimum Gasteiger partial charge on any atom is -0.743 e. The summed E-state index contributed by atoms with van der Waals surface area (Å²) in [7, 11) is -6.51. The number of hydrogen-bond donors (Lipinski definition) is 0. The minimum absolute atomic E-state index is 0.0497. The van der Waals surface area contributed by atoms with E-state index in [0.29, 0.717) is 12.8 Å². The predicted octanol–water partition coefficient (Wildman–Crippen LogP) is 8.09. The van der Waals surface area contributed by atoms with E-state index in [1.807, 2.05) is 0 Å². The molecular weight excluding hydrogens is 623 g/mol. The SMILES string of the molecule is CC(C)(C)c1ccc([S+](c2ccccc2)c2ccccc2)cc1.O=S(=O)([O-])C(F)(F)C(OC1CCCCC1)C(F)(F)F.[C]=O. The van der Waals surface area contributed by atoms with Gasteiger partial charge >= 0.3 is 11.4 Å². The number of benzene rings is 3. The molecule has 0 N–H and O–H groups in total. The molecule has 0 heterocycles. The number of alkyl halides is 5. The Morgan fingerprint density at radius 3 is 1.52 bits per heavy atom. The van der Waals surface area contributed by atoms with Gasteiger partial charge in [0.2, 0.25) is 6.10 Å². The number of rotatable bonds is 7. The topological polar surface area (TPSA) is 83.5 Å². The Morgan fingerprint density at radius 1 is 0.750 bits per heavy atom. The fourth-order valence-corrected chi connectivity index (χ4v) is 7.02. The van der Waals surface area contributed by atoms with Gasteiger partial charge in [0.15, 0.2) is 24.8 Å². The maximum Gasteiger partial charge on any atom is 0.421 e. The van der Waals surface area contributed by atoms with Crippen molar-refractivity contribution in [3.05, 3.63) is 90.5 Å². The quantitative estimate of drug-likeness (QED) is 0.146. The molecule has 0 aromatic heterocycles. The van der Waals surface area contributed by atoms with E-state index in [9.17, 15) is 34.9 Å². The predicted molar refractivity (Wildman–Crippen MR) is 158 cm³/mol. The molecule has 5 nitrogen and oxygen atoms in total. The fourth-order valence-electron chi connectivity index (χ4n) is 4.48. The molecule has 1 fully saturated rings. The van der Waals surface area contributed by atoms with Crippen molar-refractivity contribution in [2.45, 2.75) is 96.6 Å². The molecule has 1 aliphatic carbocycles. The van der Waals surface area contributed by atoms with Crippen LogP contribution in [0, 0.1) is 0 Å². The lowest BCUT2D eigenvalue weighted by molar-refractivity contribution is -0.278. The Kier molecular flexibility index (Phi) is 13.6. The lowest BCUT2D eigenvalue weighted by Gasteiger charge is -2.34. The highest BCUT2D eigenvalue weighted by Gasteiger charge is 2.61. The van der Waals surface area contributed by atoms with Crippen LogP contribution in [0.15, 0.2) is 99.6 Å². The summed E-state index contributed by atoms with van der Waals surface area (Å²) < 4.78 is 98.8. The molecule has 4 rings (SSSR count). The highest BCUT2D eigenvalue weighted by atomic mass is 32.2. The number of ether oxygens (including phenoxy) is 1. The van der Waals surface area contributed by atoms with Crippen molar-refractivity contribution in [2.24, 2.45) is 0 Å². The molecule has 1 atom stereocenters. The molecule has 0 amide bonds. The molecule has 1 saturated carbocycles. The summed E-state index contributed by atoms with van der Waals surface area (Å²) in [4.78, 5) is 11.6. The third kappa shape index (κ3) is 10.4. The van der Waals surface area contributed by atoms with Crippen LogP contribution in [0.3, 0.4) is 0 Å².